The fraction of sp³-hybridized carbons (Fsp3) is 0.312. The molecule has 0 radical (unpaired) electrons. The van der Waals surface area contributed by atoms with E-state index in [2.05, 4.69) is 31.2 Å². The molecule has 6 heteroatoms. The molecule has 0 aliphatic heterocycles. The summed E-state index contributed by atoms with van der Waals surface area (Å²) in [4.78, 5) is 30.9. The predicted octanol–water partition coefficient (Wildman–Crippen LogP) is 2.57. The topological polar surface area (TPSA) is 74.8 Å². The van der Waals surface area contributed by atoms with Gasteiger partial charge in [0.25, 0.3) is 5.56 Å². The summed E-state index contributed by atoms with van der Waals surface area (Å²) >= 11 is 3.41. The van der Waals surface area contributed by atoms with Gasteiger partial charge in [0.1, 0.15) is 5.82 Å². The Morgan fingerprint density at radius 2 is 2.14 bits per heavy atom. The largest absolute Gasteiger partial charge is 0.349 e. The van der Waals surface area contributed by atoms with Crippen molar-refractivity contribution in [3.63, 3.8) is 0 Å². The summed E-state index contributed by atoms with van der Waals surface area (Å²) in [6, 6.07) is 7.61. The number of amides is 1. The fourth-order valence-electron chi connectivity index (χ4n) is 2.27. The third kappa shape index (κ3) is 4.04. The molecule has 0 saturated heterocycles. The number of carbonyl (C=O) groups excluding carboxylic acids is 1. The van der Waals surface area contributed by atoms with Gasteiger partial charge in [-0.1, -0.05) is 28.1 Å². The highest BCUT2D eigenvalue weighted by Gasteiger charge is 2.14. The Bertz CT molecular complexity index is 755. The first-order valence-corrected chi connectivity index (χ1v) is 7.77. The van der Waals surface area contributed by atoms with Crippen molar-refractivity contribution in [1.29, 1.82) is 0 Å². The Morgan fingerprint density at radius 1 is 1.41 bits per heavy atom. The van der Waals surface area contributed by atoms with Gasteiger partial charge >= 0.3 is 0 Å². The smallest absolute Gasteiger partial charge is 0.254 e. The molecular weight excluding hydrogens is 346 g/mol. The molecule has 0 fully saturated rings. The molecule has 2 rings (SSSR count). The molecule has 1 heterocycles. The van der Waals surface area contributed by atoms with Crippen LogP contribution in [0.2, 0.25) is 0 Å². The van der Waals surface area contributed by atoms with Crippen LogP contribution in [0.5, 0.6) is 0 Å². The van der Waals surface area contributed by atoms with Gasteiger partial charge in [0, 0.05) is 15.7 Å². The summed E-state index contributed by atoms with van der Waals surface area (Å²) in [5.41, 5.74) is 1.74. The summed E-state index contributed by atoms with van der Waals surface area (Å²) in [5, 5.41) is 2.90. The zero-order valence-corrected chi connectivity index (χ0v) is 14.3. The van der Waals surface area contributed by atoms with E-state index in [0.29, 0.717) is 17.1 Å². The molecule has 0 saturated carbocycles. The first kappa shape index (κ1) is 16.4. The predicted molar refractivity (Wildman–Crippen MR) is 88.7 cm³/mol. The van der Waals surface area contributed by atoms with Crippen molar-refractivity contribution in [2.45, 2.75) is 33.2 Å². The highest BCUT2D eigenvalue weighted by atomic mass is 79.9. The lowest BCUT2D eigenvalue weighted by Crippen LogP contribution is -2.31. The van der Waals surface area contributed by atoms with E-state index in [0.717, 1.165) is 10.0 Å². The van der Waals surface area contributed by atoms with Gasteiger partial charge in [0.15, 0.2) is 0 Å². The van der Waals surface area contributed by atoms with Crippen LogP contribution in [0.1, 0.15) is 35.6 Å². The summed E-state index contributed by atoms with van der Waals surface area (Å²) in [6.45, 7) is 5.36. The van der Waals surface area contributed by atoms with E-state index in [1.807, 2.05) is 31.2 Å². The summed E-state index contributed by atoms with van der Waals surface area (Å²) < 4.78 is 0.959. The number of rotatable bonds is 4. The van der Waals surface area contributed by atoms with Gasteiger partial charge in [-0.15, -0.1) is 0 Å². The minimum atomic E-state index is -0.254. The van der Waals surface area contributed by atoms with E-state index in [4.69, 9.17) is 0 Å². The Labute approximate surface area is 137 Å². The molecule has 1 aromatic carbocycles. The molecule has 1 aromatic heterocycles. The molecule has 22 heavy (non-hydrogen) atoms. The van der Waals surface area contributed by atoms with E-state index in [1.54, 1.807) is 13.8 Å². The van der Waals surface area contributed by atoms with E-state index >= 15 is 0 Å². The van der Waals surface area contributed by atoms with E-state index in [9.17, 15) is 9.59 Å². The minimum Gasteiger partial charge on any atom is -0.349 e. The number of hydrogen-bond acceptors (Lipinski definition) is 3. The van der Waals surface area contributed by atoms with Crippen LogP contribution in [0.15, 0.2) is 33.5 Å². The number of hydrogen-bond donors (Lipinski definition) is 2. The molecule has 2 N–H and O–H groups in total. The van der Waals surface area contributed by atoms with Gasteiger partial charge in [-0.2, -0.15) is 0 Å². The van der Waals surface area contributed by atoms with Crippen LogP contribution in [-0.4, -0.2) is 15.9 Å². The summed E-state index contributed by atoms with van der Waals surface area (Å²) in [6.07, 6.45) is 0.0206. The van der Waals surface area contributed by atoms with Gasteiger partial charge in [-0.05, 0) is 38.5 Å². The van der Waals surface area contributed by atoms with Crippen LogP contribution in [-0.2, 0) is 11.2 Å². The third-order valence-electron chi connectivity index (χ3n) is 3.40. The highest BCUT2D eigenvalue weighted by molar-refractivity contribution is 9.10. The van der Waals surface area contributed by atoms with Crippen molar-refractivity contribution in [2.24, 2.45) is 0 Å². The second-order valence-corrected chi connectivity index (χ2v) is 6.15. The first-order chi connectivity index (χ1) is 10.4. The zero-order chi connectivity index (χ0) is 16.3. The number of benzene rings is 1. The molecule has 0 bridgehead atoms. The Balaban J connectivity index is 2.09. The lowest BCUT2D eigenvalue weighted by Gasteiger charge is -2.15. The number of aromatic amines is 1. The normalized spacial score (nSPS) is 12.0. The number of halogens is 1. The Kier molecular flexibility index (Phi) is 5.13. The zero-order valence-electron chi connectivity index (χ0n) is 12.7. The third-order valence-corrected chi connectivity index (χ3v) is 3.90. The summed E-state index contributed by atoms with van der Waals surface area (Å²) in [7, 11) is 0. The second-order valence-electron chi connectivity index (χ2n) is 5.24. The number of H-pyrrole nitrogens is 1. The van der Waals surface area contributed by atoms with Crippen LogP contribution in [0.25, 0.3) is 0 Å². The Hall–Kier alpha value is -1.95. The van der Waals surface area contributed by atoms with Crippen molar-refractivity contribution < 1.29 is 4.79 Å². The molecule has 0 aliphatic rings. The molecule has 0 aliphatic carbocycles. The lowest BCUT2D eigenvalue weighted by atomic mass is 10.1. The maximum absolute atomic E-state index is 12.2. The van der Waals surface area contributed by atoms with Crippen LogP contribution in [0, 0.1) is 13.8 Å². The monoisotopic (exact) mass is 363 g/mol. The van der Waals surface area contributed by atoms with Crippen molar-refractivity contribution in [3.05, 3.63) is 61.7 Å². The van der Waals surface area contributed by atoms with Crippen molar-refractivity contribution in [3.8, 4) is 0 Å². The first-order valence-electron chi connectivity index (χ1n) is 6.98. The molecule has 1 amide bonds. The van der Waals surface area contributed by atoms with Crippen molar-refractivity contribution in [2.75, 3.05) is 0 Å². The fourth-order valence-corrected chi connectivity index (χ4v) is 2.69. The molecule has 5 nitrogen and oxygen atoms in total. The van der Waals surface area contributed by atoms with Gasteiger partial charge in [0.05, 0.1) is 12.5 Å². The SMILES string of the molecule is Cc1nc(C)c(CC(=O)N[C@H](C)c2cccc(Br)c2)c(=O)[nH]1. The van der Waals surface area contributed by atoms with Gasteiger partial charge in [-0.3, -0.25) is 9.59 Å². The minimum absolute atomic E-state index is 0.0206. The quantitative estimate of drug-likeness (QED) is 0.876. The van der Waals surface area contributed by atoms with Crippen molar-refractivity contribution >= 4 is 21.8 Å². The van der Waals surface area contributed by atoms with Gasteiger partial charge in [-0.25, -0.2) is 4.98 Å². The van der Waals surface area contributed by atoms with Crippen LogP contribution < -0.4 is 10.9 Å². The number of carbonyl (C=O) groups is 1. The van der Waals surface area contributed by atoms with Crippen LogP contribution in [0.3, 0.4) is 0 Å². The summed E-state index contributed by atoms with van der Waals surface area (Å²) in [5.74, 6) is 0.348. The van der Waals surface area contributed by atoms with Crippen molar-refractivity contribution in [1.82, 2.24) is 15.3 Å². The van der Waals surface area contributed by atoms with E-state index in [1.165, 1.54) is 0 Å². The maximum Gasteiger partial charge on any atom is 0.254 e. The maximum atomic E-state index is 12.2. The second kappa shape index (κ2) is 6.87. The number of aryl methyl sites for hydroxylation is 2. The lowest BCUT2D eigenvalue weighted by molar-refractivity contribution is -0.121. The average Bonchev–Trinajstić information content (AvgIpc) is 2.42. The average molecular weight is 364 g/mol. The number of nitrogens with zero attached hydrogens (tertiary/aromatic N) is 1. The molecule has 0 spiro atoms. The molecule has 0 unspecified atom stereocenters. The number of nitrogens with one attached hydrogen (secondary N) is 2. The highest BCUT2D eigenvalue weighted by Crippen LogP contribution is 2.17. The Morgan fingerprint density at radius 3 is 2.77 bits per heavy atom. The van der Waals surface area contributed by atoms with Crippen LogP contribution in [0.4, 0.5) is 0 Å². The molecule has 116 valence electrons. The van der Waals surface area contributed by atoms with Gasteiger partial charge in [0.2, 0.25) is 5.91 Å². The molecular formula is C16H18BrN3O2. The molecule has 2 aromatic rings. The van der Waals surface area contributed by atoms with E-state index in [-0.39, 0.29) is 23.9 Å². The molecule has 1 atom stereocenters. The van der Waals surface area contributed by atoms with Gasteiger partial charge < -0.3 is 10.3 Å². The standard InChI is InChI=1S/C16H18BrN3O2/c1-9(12-5-4-6-13(17)7-12)19-15(21)8-14-10(2)18-11(3)20-16(14)22/h4-7,9H,8H2,1-3H3,(H,19,21)(H,18,20,22)/t9-/m1/s1. The van der Waals surface area contributed by atoms with Crippen LogP contribution >= 0.6 is 15.9 Å². The van der Waals surface area contributed by atoms with E-state index < -0.39 is 0 Å². The number of aromatic nitrogens is 2.